The molecule has 1 atom stereocenters. The molecule has 0 aliphatic carbocycles. The summed E-state index contributed by atoms with van der Waals surface area (Å²) in [5.74, 6) is -1.02. The number of hydrogen-bond acceptors (Lipinski definition) is 5. The molecule has 1 aromatic carbocycles. The highest BCUT2D eigenvalue weighted by Gasteiger charge is 2.19. The maximum atomic E-state index is 12.0. The van der Waals surface area contributed by atoms with Gasteiger partial charge in [-0.1, -0.05) is 15.9 Å². The maximum Gasteiger partial charge on any atom is 0.407 e. The summed E-state index contributed by atoms with van der Waals surface area (Å²) < 4.78 is 11.0. The molecule has 1 aromatic rings. The molecule has 0 unspecified atom stereocenters. The van der Waals surface area contributed by atoms with E-state index in [2.05, 4.69) is 26.6 Å². The van der Waals surface area contributed by atoms with E-state index in [0.29, 0.717) is 5.69 Å². The number of rotatable bonds is 6. The van der Waals surface area contributed by atoms with E-state index in [4.69, 9.17) is 9.47 Å². The minimum absolute atomic E-state index is 0.0604. The molecule has 2 amide bonds. The first kappa shape index (κ1) is 21.0. The largest absolute Gasteiger partial charge is 0.452 e. The van der Waals surface area contributed by atoms with Gasteiger partial charge in [-0.3, -0.25) is 9.59 Å². The molecule has 8 heteroatoms. The van der Waals surface area contributed by atoms with Gasteiger partial charge >= 0.3 is 12.1 Å². The van der Waals surface area contributed by atoms with Crippen LogP contribution in [-0.2, 0) is 19.1 Å². The number of alkyl carbamates (subject to hydrolysis) is 1. The van der Waals surface area contributed by atoms with E-state index >= 15 is 0 Å². The van der Waals surface area contributed by atoms with Gasteiger partial charge in [0.2, 0.25) is 0 Å². The Labute approximate surface area is 155 Å². The van der Waals surface area contributed by atoms with Gasteiger partial charge in [0.15, 0.2) is 6.10 Å². The summed E-state index contributed by atoms with van der Waals surface area (Å²) in [4.78, 5) is 35.1. The zero-order valence-corrected chi connectivity index (χ0v) is 16.3. The van der Waals surface area contributed by atoms with Gasteiger partial charge in [-0.25, -0.2) is 4.79 Å². The van der Waals surface area contributed by atoms with Crippen LogP contribution >= 0.6 is 15.9 Å². The molecule has 0 fully saturated rings. The van der Waals surface area contributed by atoms with Gasteiger partial charge in [0, 0.05) is 16.7 Å². The van der Waals surface area contributed by atoms with Gasteiger partial charge in [0.25, 0.3) is 5.91 Å². The number of anilines is 1. The summed E-state index contributed by atoms with van der Waals surface area (Å²) in [5, 5.41) is 5.10. The second-order valence-corrected chi connectivity index (χ2v) is 7.22. The van der Waals surface area contributed by atoms with Crippen LogP contribution in [0.1, 0.15) is 34.1 Å². The Kier molecular flexibility index (Phi) is 7.89. The molecule has 0 spiro atoms. The number of carbonyl (C=O) groups excluding carboxylic acids is 3. The molecule has 138 valence electrons. The van der Waals surface area contributed by atoms with Gasteiger partial charge in [-0.05, 0) is 52.0 Å². The van der Waals surface area contributed by atoms with Crippen LogP contribution in [0.15, 0.2) is 28.7 Å². The zero-order valence-electron chi connectivity index (χ0n) is 14.7. The van der Waals surface area contributed by atoms with E-state index in [-0.39, 0.29) is 13.0 Å². The van der Waals surface area contributed by atoms with Crippen molar-refractivity contribution in [2.75, 3.05) is 11.9 Å². The number of hydrogen-bond donors (Lipinski definition) is 2. The minimum atomic E-state index is -0.947. The fraction of sp³-hybridized carbons (Fsp3) is 0.471. The molecule has 7 nitrogen and oxygen atoms in total. The third kappa shape index (κ3) is 9.09. The standard InChI is InChI=1S/C17H23BrN2O5/c1-11(15(22)20-13-7-5-12(18)6-8-13)24-14(21)9-10-19-16(23)25-17(2,3)4/h5-8,11H,9-10H2,1-4H3,(H,19,23)(H,20,22)/t11-/m1/s1. The van der Waals surface area contributed by atoms with Gasteiger partial charge in [-0.15, -0.1) is 0 Å². The molecule has 25 heavy (non-hydrogen) atoms. The summed E-state index contributed by atoms with van der Waals surface area (Å²) in [6, 6.07) is 7.02. The molecular weight excluding hydrogens is 392 g/mol. The molecule has 0 heterocycles. The number of carbonyl (C=O) groups is 3. The molecule has 0 aliphatic rings. The van der Waals surface area contributed by atoms with Gasteiger partial charge in [0.1, 0.15) is 5.60 Å². The molecule has 1 rings (SSSR count). The van der Waals surface area contributed by atoms with E-state index in [1.54, 1.807) is 45.0 Å². The van der Waals surface area contributed by atoms with Crippen LogP contribution < -0.4 is 10.6 Å². The fourth-order valence-corrected chi connectivity index (χ4v) is 1.93. The fourth-order valence-electron chi connectivity index (χ4n) is 1.67. The Hall–Kier alpha value is -2.09. The van der Waals surface area contributed by atoms with Crippen molar-refractivity contribution in [2.24, 2.45) is 0 Å². The van der Waals surface area contributed by atoms with Gasteiger partial charge < -0.3 is 20.1 Å². The first-order valence-electron chi connectivity index (χ1n) is 7.79. The summed E-state index contributed by atoms with van der Waals surface area (Å²) in [6.07, 6.45) is -1.62. The average Bonchev–Trinajstić information content (AvgIpc) is 2.47. The van der Waals surface area contributed by atoms with Crippen LogP contribution in [0.5, 0.6) is 0 Å². The summed E-state index contributed by atoms with van der Waals surface area (Å²) >= 11 is 3.30. The average molecular weight is 415 g/mol. The minimum Gasteiger partial charge on any atom is -0.452 e. The number of esters is 1. The van der Waals surface area contributed by atoms with Crippen molar-refractivity contribution in [1.82, 2.24) is 5.32 Å². The smallest absolute Gasteiger partial charge is 0.407 e. The van der Waals surface area contributed by atoms with Crippen molar-refractivity contribution in [3.05, 3.63) is 28.7 Å². The lowest BCUT2D eigenvalue weighted by Gasteiger charge is -2.19. The first-order valence-corrected chi connectivity index (χ1v) is 8.59. The summed E-state index contributed by atoms with van der Waals surface area (Å²) in [5.41, 5.74) is -0.00721. The lowest BCUT2D eigenvalue weighted by Crippen LogP contribution is -2.35. The highest BCUT2D eigenvalue weighted by molar-refractivity contribution is 9.10. The van der Waals surface area contributed by atoms with E-state index in [0.717, 1.165) is 4.47 Å². The highest BCUT2D eigenvalue weighted by Crippen LogP contribution is 2.14. The second kappa shape index (κ2) is 9.41. The van der Waals surface area contributed by atoms with Crippen LogP contribution in [0.2, 0.25) is 0 Å². The Morgan fingerprint density at radius 3 is 2.32 bits per heavy atom. The van der Waals surface area contributed by atoms with Crippen molar-refractivity contribution >= 4 is 39.6 Å². The molecule has 2 N–H and O–H groups in total. The number of amides is 2. The van der Waals surface area contributed by atoms with Crippen molar-refractivity contribution in [3.8, 4) is 0 Å². The highest BCUT2D eigenvalue weighted by atomic mass is 79.9. The number of ether oxygens (including phenoxy) is 2. The molecule has 0 saturated carbocycles. The molecule has 0 radical (unpaired) electrons. The molecule has 0 saturated heterocycles. The third-order valence-electron chi connectivity index (χ3n) is 2.79. The van der Waals surface area contributed by atoms with E-state index in [9.17, 15) is 14.4 Å². The molecule has 0 aromatic heterocycles. The number of nitrogens with one attached hydrogen (secondary N) is 2. The maximum absolute atomic E-state index is 12.0. The van der Waals surface area contributed by atoms with E-state index in [1.807, 2.05) is 0 Å². The van der Waals surface area contributed by atoms with Crippen molar-refractivity contribution in [1.29, 1.82) is 0 Å². The van der Waals surface area contributed by atoms with Crippen LogP contribution in [-0.4, -0.2) is 36.2 Å². The predicted octanol–water partition coefficient (Wildman–Crippen LogP) is 3.23. The Balaban J connectivity index is 2.32. The second-order valence-electron chi connectivity index (χ2n) is 6.31. The SMILES string of the molecule is C[C@@H](OC(=O)CCNC(=O)OC(C)(C)C)C(=O)Nc1ccc(Br)cc1. The Morgan fingerprint density at radius 2 is 1.76 bits per heavy atom. The third-order valence-corrected chi connectivity index (χ3v) is 3.32. The topological polar surface area (TPSA) is 93.7 Å². The lowest BCUT2D eigenvalue weighted by atomic mass is 10.2. The van der Waals surface area contributed by atoms with Crippen LogP contribution in [0.3, 0.4) is 0 Å². The summed E-state index contributed by atoms with van der Waals surface area (Å²) in [6.45, 7) is 6.77. The number of benzene rings is 1. The normalized spacial score (nSPS) is 12.0. The monoisotopic (exact) mass is 414 g/mol. The van der Waals surface area contributed by atoms with Crippen LogP contribution in [0.4, 0.5) is 10.5 Å². The summed E-state index contributed by atoms with van der Waals surface area (Å²) in [7, 11) is 0. The number of halogens is 1. The molecular formula is C17H23BrN2O5. The van der Waals surface area contributed by atoms with Crippen molar-refractivity contribution < 1.29 is 23.9 Å². The van der Waals surface area contributed by atoms with Crippen LogP contribution in [0, 0.1) is 0 Å². The Morgan fingerprint density at radius 1 is 1.16 bits per heavy atom. The zero-order chi connectivity index (χ0) is 19.0. The predicted molar refractivity (Wildman–Crippen MR) is 97.2 cm³/mol. The van der Waals surface area contributed by atoms with E-state index in [1.165, 1.54) is 6.92 Å². The molecule has 0 bridgehead atoms. The van der Waals surface area contributed by atoms with E-state index < -0.39 is 29.7 Å². The Bertz CT molecular complexity index is 610. The van der Waals surface area contributed by atoms with Crippen molar-refractivity contribution in [2.45, 2.75) is 45.8 Å². The lowest BCUT2D eigenvalue weighted by molar-refractivity contribution is -0.153. The van der Waals surface area contributed by atoms with Crippen molar-refractivity contribution in [3.63, 3.8) is 0 Å². The van der Waals surface area contributed by atoms with Gasteiger partial charge in [0.05, 0.1) is 6.42 Å². The molecule has 0 aliphatic heterocycles. The van der Waals surface area contributed by atoms with Gasteiger partial charge in [-0.2, -0.15) is 0 Å². The van der Waals surface area contributed by atoms with Crippen LogP contribution in [0.25, 0.3) is 0 Å². The quantitative estimate of drug-likeness (QED) is 0.696. The first-order chi connectivity index (χ1) is 11.6.